The van der Waals surface area contributed by atoms with Crippen molar-refractivity contribution < 1.29 is 9.21 Å². The van der Waals surface area contributed by atoms with Crippen molar-refractivity contribution in [2.24, 2.45) is 0 Å². The van der Waals surface area contributed by atoms with E-state index in [0.29, 0.717) is 5.76 Å². The van der Waals surface area contributed by atoms with Gasteiger partial charge in [-0.15, -0.1) is 0 Å². The molecule has 0 atom stereocenters. The Kier molecular flexibility index (Phi) is 4.43. The second-order valence-corrected chi connectivity index (χ2v) is 6.90. The van der Waals surface area contributed by atoms with Gasteiger partial charge in [0.2, 0.25) is 0 Å². The molecule has 0 bridgehead atoms. The first-order chi connectivity index (χ1) is 11.0. The number of rotatable bonds is 3. The number of hydrogen-bond acceptors (Lipinski definition) is 2. The van der Waals surface area contributed by atoms with E-state index in [0.717, 1.165) is 37.8 Å². The number of carbonyl (C=O) groups is 1. The molecule has 3 rings (SSSR count). The second kappa shape index (κ2) is 6.35. The van der Waals surface area contributed by atoms with Crippen LogP contribution >= 0.6 is 22.6 Å². The van der Waals surface area contributed by atoms with Crippen LogP contribution in [0.3, 0.4) is 0 Å². The van der Waals surface area contributed by atoms with Crippen LogP contribution in [0.2, 0.25) is 0 Å². The van der Waals surface area contributed by atoms with Crippen molar-refractivity contribution in [3.63, 3.8) is 0 Å². The predicted molar refractivity (Wildman–Crippen MR) is 102 cm³/mol. The van der Waals surface area contributed by atoms with Crippen LogP contribution in [0.5, 0.6) is 0 Å². The molecule has 23 heavy (non-hydrogen) atoms. The van der Waals surface area contributed by atoms with Crippen LogP contribution in [-0.4, -0.2) is 5.91 Å². The largest absolute Gasteiger partial charge is 0.451 e. The van der Waals surface area contributed by atoms with Crippen LogP contribution in [0.4, 0.5) is 5.69 Å². The minimum absolute atomic E-state index is 0.207. The Balaban J connectivity index is 1.96. The van der Waals surface area contributed by atoms with Crippen LogP contribution in [0, 0.1) is 17.4 Å². The maximum absolute atomic E-state index is 12.6. The summed E-state index contributed by atoms with van der Waals surface area (Å²) in [6, 6.07) is 12.0. The molecular weight excluding hydrogens is 401 g/mol. The van der Waals surface area contributed by atoms with Gasteiger partial charge in [0.25, 0.3) is 5.91 Å². The van der Waals surface area contributed by atoms with Crippen LogP contribution in [0.15, 0.2) is 40.8 Å². The van der Waals surface area contributed by atoms with E-state index in [9.17, 15) is 4.79 Å². The monoisotopic (exact) mass is 419 g/mol. The Labute approximate surface area is 149 Å². The fourth-order valence-corrected chi connectivity index (χ4v) is 3.30. The summed E-state index contributed by atoms with van der Waals surface area (Å²) < 4.78 is 6.93. The van der Waals surface area contributed by atoms with Gasteiger partial charge in [-0.3, -0.25) is 4.79 Å². The summed E-state index contributed by atoms with van der Waals surface area (Å²) in [4.78, 5) is 12.6. The molecule has 1 amide bonds. The molecule has 0 fully saturated rings. The molecule has 3 nitrogen and oxygen atoms in total. The molecular formula is C19H18INO2. The highest BCUT2D eigenvalue weighted by atomic mass is 127. The number of hydrogen-bond donors (Lipinski definition) is 1. The lowest BCUT2D eigenvalue weighted by molar-refractivity contribution is 0.0998. The van der Waals surface area contributed by atoms with E-state index < -0.39 is 0 Å². The van der Waals surface area contributed by atoms with Gasteiger partial charge < -0.3 is 9.73 Å². The number of furan rings is 1. The first-order valence-electron chi connectivity index (χ1n) is 7.59. The standard InChI is InChI=1S/C19H18INO2/c1-4-13-5-8-17-15(10-13)12(3)18(23-17)19(22)21-16-7-6-14(20)9-11(16)2/h5-10H,4H2,1-3H3,(H,21,22). The number of amides is 1. The molecule has 0 aliphatic heterocycles. The number of benzene rings is 2. The molecule has 0 aliphatic carbocycles. The smallest absolute Gasteiger partial charge is 0.291 e. The van der Waals surface area contributed by atoms with Crippen molar-refractivity contribution in [1.29, 1.82) is 0 Å². The van der Waals surface area contributed by atoms with E-state index in [2.05, 4.69) is 40.9 Å². The number of carbonyl (C=O) groups excluding carboxylic acids is 1. The van der Waals surface area contributed by atoms with Gasteiger partial charge in [-0.1, -0.05) is 13.0 Å². The maximum atomic E-state index is 12.6. The van der Waals surface area contributed by atoms with Gasteiger partial charge in [0.1, 0.15) is 5.58 Å². The van der Waals surface area contributed by atoms with E-state index in [1.807, 2.05) is 44.2 Å². The minimum Gasteiger partial charge on any atom is -0.451 e. The Hall–Kier alpha value is -1.82. The maximum Gasteiger partial charge on any atom is 0.291 e. The summed E-state index contributed by atoms with van der Waals surface area (Å²) in [6.45, 7) is 6.03. The number of aryl methyl sites for hydroxylation is 3. The Morgan fingerprint density at radius 1 is 1.17 bits per heavy atom. The van der Waals surface area contributed by atoms with Crippen LogP contribution in [0.1, 0.15) is 34.2 Å². The summed E-state index contributed by atoms with van der Waals surface area (Å²) in [7, 11) is 0. The third kappa shape index (κ3) is 3.13. The van der Waals surface area contributed by atoms with Gasteiger partial charge in [0.05, 0.1) is 0 Å². The first kappa shape index (κ1) is 16.1. The number of halogens is 1. The predicted octanol–water partition coefficient (Wildman–Crippen LogP) is 5.47. The third-order valence-electron chi connectivity index (χ3n) is 4.05. The van der Waals surface area contributed by atoms with E-state index in [1.54, 1.807) is 0 Å². The zero-order chi connectivity index (χ0) is 16.6. The Bertz CT molecular complexity index is 896. The third-order valence-corrected chi connectivity index (χ3v) is 4.72. The van der Waals surface area contributed by atoms with E-state index >= 15 is 0 Å². The molecule has 0 saturated carbocycles. The summed E-state index contributed by atoms with van der Waals surface area (Å²) in [6.07, 6.45) is 0.962. The van der Waals surface area contributed by atoms with Crippen LogP contribution < -0.4 is 5.32 Å². The average Bonchev–Trinajstić information content (AvgIpc) is 2.86. The highest BCUT2D eigenvalue weighted by molar-refractivity contribution is 14.1. The van der Waals surface area contributed by atoms with Gasteiger partial charge in [-0.25, -0.2) is 0 Å². The summed E-state index contributed by atoms with van der Waals surface area (Å²) in [5, 5.41) is 3.96. The Morgan fingerprint density at radius 3 is 2.65 bits per heavy atom. The topological polar surface area (TPSA) is 42.2 Å². The van der Waals surface area contributed by atoms with Crippen molar-refractivity contribution in [3.05, 3.63) is 62.4 Å². The first-order valence-corrected chi connectivity index (χ1v) is 8.67. The zero-order valence-electron chi connectivity index (χ0n) is 13.4. The normalized spacial score (nSPS) is 11.0. The van der Waals surface area contributed by atoms with Gasteiger partial charge in [0.15, 0.2) is 5.76 Å². The van der Waals surface area contributed by atoms with E-state index in [1.165, 1.54) is 5.56 Å². The van der Waals surface area contributed by atoms with E-state index in [-0.39, 0.29) is 5.91 Å². The molecule has 4 heteroatoms. The Morgan fingerprint density at radius 2 is 1.96 bits per heavy atom. The highest BCUT2D eigenvalue weighted by Crippen LogP contribution is 2.27. The lowest BCUT2D eigenvalue weighted by Gasteiger charge is -2.07. The molecule has 2 aromatic carbocycles. The van der Waals surface area contributed by atoms with Crippen LogP contribution in [0.25, 0.3) is 11.0 Å². The highest BCUT2D eigenvalue weighted by Gasteiger charge is 2.18. The second-order valence-electron chi connectivity index (χ2n) is 5.65. The van der Waals surface area contributed by atoms with Gasteiger partial charge in [-0.2, -0.15) is 0 Å². The molecule has 0 radical (unpaired) electrons. The molecule has 1 aromatic heterocycles. The fourth-order valence-electron chi connectivity index (χ4n) is 2.65. The number of nitrogens with one attached hydrogen (secondary N) is 1. The SMILES string of the molecule is CCc1ccc2oc(C(=O)Nc3ccc(I)cc3C)c(C)c2c1. The van der Waals surface area contributed by atoms with Gasteiger partial charge in [0, 0.05) is 20.2 Å². The van der Waals surface area contributed by atoms with Crippen molar-refractivity contribution >= 4 is 45.2 Å². The van der Waals surface area contributed by atoms with Crippen molar-refractivity contribution in [3.8, 4) is 0 Å². The fraction of sp³-hybridized carbons (Fsp3) is 0.211. The quantitative estimate of drug-likeness (QED) is 0.573. The van der Waals surface area contributed by atoms with Crippen molar-refractivity contribution in [2.45, 2.75) is 27.2 Å². The van der Waals surface area contributed by atoms with Crippen molar-refractivity contribution in [2.75, 3.05) is 5.32 Å². The lowest BCUT2D eigenvalue weighted by atomic mass is 10.1. The van der Waals surface area contributed by atoms with E-state index in [4.69, 9.17) is 4.42 Å². The van der Waals surface area contributed by atoms with Crippen molar-refractivity contribution in [1.82, 2.24) is 0 Å². The summed E-state index contributed by atoms with van der Waals surface area (Å²) in [5.74, 6) is 0.173. The molecule has 0 unspecified atom stereocenters. The van der Waals surface area contributed by atoms with Gasteiger partial charge in [-0.05, 0) is 84.3 Å². The molecule has 0 spiro atoms. The molecule has 1 N–H and O–H groups in total. The molecule has 0 saturated heterocycles. The molecule has 1 heterocycles. The molecule has 3 aromatic rings. The molecule has 118 valence electrons. The molecule has 0 aliphatic rings. The average molecular weight is 419 g/mol. The summed E-state index contributed by atoms with van der Waals surface area (Å²) in [5.41, 5.74) is 4.72. The number of anilines is 1. The zero-order valence-corrected chi connectivity index (χ0v) is 15.5. The summed E-state index contributed by atoms with van der Waals surface area (Å²) >= 11 is 2.26. The number of fused-ring (bicyclic) bond motifs is 1. The lowest BCUT2D eigenvalue weighted by Crippen LogP contribution is -2.13. The minimum atomic E-state index is -0.207. The van der Waals surface area contributed by atoms with Crippen LogP contribution in [-0.2, 0) is 6.42 Å². The van der Waals surface area contributed by atoms with Gasteiger partial charge >= 0.3 is 0 Å².